The van der Waals surface area contributed by atoms with Gasteiger partial charge in [-0.15, -0.1) is 10.2 Å². The Morgan fingerprint density at radius 1 is 1.16 bits per heavy atom. The number of anilines is 1. The molecule has 1 aromatic heterocycles. The van der Waals surface area contributed by atoms with Crippen molar-refractivity contribution in [3.05, 3.63) is 48.3 Å². The summed E-state index contributed by atoms with van der Waals surface area (Å²) in [5.41, 5.74) is 1.03. The molecule has 0 fully saturated rings. The van der Waals surface area contributed by atoms with Crippen molar-refractivity contribution in [1.82, 2.24) is 14.8 Å². The Hall–Kier alpha value is -3.07. The summed E-state index contributed by atoms with van der Waals surface area (Å²) in [5.74, 6) is 1.66. The third kappa shape index (κ3) is 5.21. The van der Waals surface area contributed by atoms with E-state index in [1.807, 2.05) is 4.57 Å². The number of ether oxygens (including phenoxy) is 2. The maximum absolute atomic E-state index is 14.3. The van der Waals surface area contributed by atoms with Gasteiger partial charge in [-0.1, -0.05) is 37.7 Å². The van der Waals surface area contributed by atoms with Crippen LogP contribution in [0.25, 0.3) is 11.4 Å². The lowest BCUT2D eigenvalue weighted by molar-refractivity contribution is -0.113. The van der Waals surface area contributed by atoms with Gasteiger partial charge in [0.05, 0.1) is 24.5 Å². The summed E-state index contributed by atoms with van der Waals surface area (Å²) in [6.07, 6.45) is 0.818. The molecule has 1 aliphatic heterocycles. The van der Waals surface area contributed by atoms with Gasteiger partial charge in [-0.25, -0.2) is 4.39 Å². The van der Waals surface area contributed by atoms with Crippen molar-refractivity contribution in [3.63, 3.8) is 0 Å². The van der Waals surface area contributed by atoms with Crippen molar-refractivity contribution in [2.24, 2.45) is 5.92 Å². The molecule has 0 radical (unpaired) electrons. The largest absolute Gasteiger partial charge is 0.490 e. The van der Waals surface area contributed by atoms with E-state index in [0.29, 0.717) is 59.4 Å². The smallest absolute Gasteiger partial charge is 0.234 e. The summed E-state index contributed by atoms with van der Waals surface area (Å²) < 4.78 is 27.5. The van der Waals surface area contributed by atoms with Crippen LogP contribution in [0, 0.1) is 11.7 Å². The summed E-state index contributed by atoms with van der Waals surface area (Å²) in [7, 11) is 0. The van der Waals surface area contributed by atoms with E-state index in [-0.39, 0.29) is 17.5 Å². The van der Waals surface area contributed by atoms with Gasteiger partial charge < -0.3 is 19.4 Å². The molecule has 0 saturated carbocycles. The first kappa shape index (κ1) is 22.1. The fourth-order valence-electron chi connectivity index (χ4n) is 3.34. The predicted octanol–water partition coefficient (Wildman–Crippen LogP) is 4.63. The topological polar surface area (TPSA) is 78.3 Å². The fourth-order valence-corrected chi connectivity index (χ4v) is 4.08. The van der Waals surface area contributed by atoms with Gasteiger partial charge in [0.15, 0.2) is 22.5 Å². The molecule has 3 aromatic rings. The van der Waals surface area contributed by atoms with Crippen molar-refractivity contribution >= 4 is 23.4 Å². The van der Waals surface area contributed by atoms with Gasteiger partial charge >= 0.3 is 0 Å². The van der Waals surface area contributed by atoms with Crippen molar-refractivity contribution in [2.75, 3.05) is 24.3 Å². The highest BCUT2D eigenvalue weighted by Crippen LogP contribution is 2.32. The molecule has 2 heterocycles. The molecule has 0 bridgehead atoms. The Bertz CT molecular complexity index is 1100. The number of benzene rings is 2. The van der Waals surface area contributed by atoms with Gasteiger partial charge in [-0.2, -0.15) is 0 Å². The summed E-state index contributed by atoms with van der Waals surface area (Å²) in [5, 5.41) is 11.9. The average Bonchev–Trinajstić information content (AvgIpc) is 2.99. The predicted molar refractivity (Wildman–Crippen MR) is 122 cm³/mol. The number of amides is 1. The quantitative estimate of drug-likeness (QED) is 0.522. The number of nitrogens with one attached hydrogen (secondary N) is 1. The number of rotatable bonds is 7. The number of nitrogens with zero attached hydrogens (tertiary/aromatic N) is 3. The fraction of sp³-hybridized carbons (Fsp3) is 0.348. The summed E-state index contributed by atoms with van der Waals surface area (Å²) in [6, 6.07) is 11.8. The lowest BCUT2D eigenvalue weighted by Gasteiger charge is -2.13. The second kappa shape index (κ2) is 10.0. The highest BCUT2D eigenvalue weighted by molar-refractivity contribution is 7.99. The molecule has 0 spiro atoms. The van der Waals surface area contributed by atoms with Crippen LogP contribution in [0.2, 0.25) is 0 Å². The van der Waals surface area contributed by atoms with Crippen LogP contribution < -0.4 is 14.8 Å². The summed E-state index contributed by atoms with van der Waals surface area (Å²) in [4.78, 5) is 12.6. The van der Waals surface area contributed by atoms with Crippen LogP contribution in [0.4, 0.5) is 10.1 Å². The van der Waals surface area contributed by atoms with Gasteiger partial charge in [0.2, 0.25) is 5.91 Å². The van der Waals surface area contributed by atoms with Crippen molar-refractivity contribution < 1.29 is 18.7 Å². The van der Waals surface area contributed by atoms with E-state index in [4.69, 9.17) is 9.47 Å². The Balaban J connectivity index is 1.46. The third-order valence-electron chi connectivity index (χ3n) is 4.74. The average molecular weight is 457 g/mol. The maximum atomic E-state index is 14.3. The van der Waals surface area contributed by atoms with E-state index in [0.717, 1.165) is 6.42 Å². The van der Waals surface area contributed by atoms with Crippen LogP contribution in [-0.2, 0) is 11.3 Å². The first-order valence-corrected chi connectivity index (χ1v) is 11.5. The lowest BCUT2D eigenvalue weighted by atomic mass is 10.2. The number of thioether (sulfide) groups is 1. The number of aromatic nitrogens is 3. The minimum Gasteiger partial charge on any atom is -0.490 e. The minimum absolute atomic E-state index is 0.141. The van der Waals surface area contributed by atoms with Crippen molar-refractivity contribution in [2.45, 2.75) is 32.0 Å². The minimum atomic E-state index is -0.353. The molecule has 4 rings (SSSR count). The number of carbonyl (C=O) groups is 1. The van der Waals surface area contributed by atoms with Gasteiger partial charge in [-0.05, 0) is 30.2 Å². The van der Waals surface area contributed by atoms with E-state index >= 15 is 0 Å². The second-order valence-electron chi connectivity index (χ2n) is 7.84. The molecule has 168 valence electrons. The molecule has 1 aliphatic rings. The van der Waals surface area contributed by atoms with Crippen LogP contribution in [0.3, 0.4) is 0 Å². The zero-order valence-electron chi connectivity index (χ0n) is 18.0. The Morgan fingerprint density at radius 3 is 2.72 bits per heavy atom. The summed E-state index contributed by atoms with van der Waals surface area (Å²) >= 11 is 1.27. The van der Waals surface area contributed by atoms with Gasteiger partial charge in [0, 0.05) is 24.7 Å². The number of halogens is 1. The van der Waals surface area contributed by atoms with Crippen LogP contribution in [0.5, 0.6) is 11.5 Å². The first-order chi connectivity index (χ1) is 15.5. The highest BCUT2D eigenvalue weighted by atomic mass is 32.2. The van der Waals surface area contributed by atoms with Gasteiger partial charge in [0.25, 0.3) is 0 Å². The standard InChI is InChI=1S/C23H25FN4O3S/c1-15(2)13-28-22(17-6-3-4-7-18(17)24)26-27-23(28)32-14-21(29)25-16-8-9-19-20(12-16)31-11-5-10-30-19/h3-4,6-9,12,15H,5,10-11,13-14H2,1-2H3,(H,25,29). The number of carbonyl (C=O) groups excluding carboxylic acids is 1. The molecule has 7 nitrogen and oxygen atoms in total. The number of fused-ring (bicyclic) bond motifs is 1. The molecular weight excluding hydrogens is 431 g/mol. The monoisotopic (exact) mass is 456 g/mol. The highest BCUT2D eigenvalue weighted by Gasteiger charge is 2.19. The molecule has 9 heteroatoms. The molecule has 0 atom stereocenters. The molecule has 0 unspecified atom stereocenters. The van der Waals surface area contributed by atoms with E-state index < -0.39 is 0 Å². The molecular formula is C23H25FN4O3S. The molecule has 32 heavy (non-hydrogen) atoms. The molecule has 0 aliphatic carbocycles. The molecule has 1 N–H and O–H groups in total. The Morgan fingerprint density at radius 2 is 1.94 bits per heavy atom. The van der Waals surface area contributed by atoms with Crippen molar-refractivity contribution in [1.29, 1.82) is 0 Å². The number of hydrogen-bond donors (Lipinski definition) is 1. The lowest BCUT2D eigenvalue weighted by Crippen LogP contribution is -2.15. The normalized spacial score (nSPS) is 13.1. The van der Waals surface area contributed by atoms with Crippen LogP contribution in [0.15, 0.2) is 47.6 Å². The van der Waals surface area contributed by atoms with Crippen LogP contribution in [0.1, 0.15) is 20.3 Å². The number of hydrogen-bond acceptors (Lipinski definition) is 6. The first-order valence-electron chi connectivity index (χ1n) is 10.5. The molecule has 2 aromatic carbocycles. The van der Waals surface area contributed by atoms with Gasteiger partial charge in [-0.3, -0.25) is 4.79 Å². The maximum Gasteiger partial charge on any atom is 0.234 e. The Kier molecular flexibility index (Phi) is 6.94. The molecule has 0 saturated heterocycles. The zero-order chi connectivity index (χ0) is 22.5. The SMILES string of the molecule is CC(C)Cn1c(SCC(=O)Nc2ccc3c(c2)OCCCO3)nnc1-c1ccccc1F. The second-order valence-corrected chi connectivity index (χ2v) is 8.78. The molecule has 1 amide bonds. The van der Waals surface area contributed by atoms with Crippen molar-refractivity contribution in [3.8, 4) is 22.9 Å². The third-order valence-corrected chi connectivity index (χ3v) is 5.71. The van der Waals surface area contributed by atoms with Gasteiger partial charge in [0.1, 0.15) is 5.82 Å². The van der Waals surface area contributed by atoms with E-state index in [1.54, 1.807) is 36.4 Å². The van der Waals surface area contributed by atoms with E-state index in [9.17, 15) is 9.18 Å². The van der Waals surface area contributed by atoms with E-state index in [1.165, 1.54) is 17.8 Å². The zero-order valence-corrected chi connectivity index (χ0v) is 18.8. The van der Waals surface area contributed by atoms with E-state index in [2.05, 4.69) is 29.4 Å². The van der Waals surface area contributed by atoms with Crippen LogP contribution in [-0.4, -0.2) is 39.6 Å². The Labute approximate surface area is 190 Å². The van der Waals surface area contributed by atoms with Crippen LogP contribution >= 0.6 is 11.8 Å². The summed E-state index contributed by atoms with van der Waals surface area (Å²) in [6.45, 7) is 5.94.